The van der Waals surface area contributed by atoms with Crippen LogP contribution in [0.2, 0.25) is 0 Å². The van der Waals surface area contributed by atoms with Crippen molar-refractivity contribution in [2.24, 2.45) is 10.9 Å². The largest absolute Gasteiger partial charge is 0.374 e. The van der Waals surface area contributed by atoms with Crippen LogP contribution in [0.4, 0.5) is 5.69 Å². The van der Waals surface area contributed by atoms with E-state index in [9.17, 15) is 9.59 Å². The fourth-order valence-electron chi connectivity index (χ4n) is 4.27. The maximum absolute atomic E-state index is 12.0. The Labute approximate surface area is 233 Å². The summed E-state index contributed by atoms with van der Waals surface area (Å²) in [7, 11) is 4.28. The lowest BCUT2D eigenvalue weighted by atomic mass is 9.93. The summed E-state index contributed by atoms with van der Waals surface area (Å²) in [5.74, 6) is 0.605. The summed E-state index contributed by atoms with van der Waals surface area (Å²) in [6.07, 6.45) is 8.79. The standard InChI is InChI=1S/C14H25N3OS.C9H11N.C8H8O/c1-5-11(2)15-14(19-4)16-13(18)10-12-6-8-17(3)9-7-12;1-10-7-6-8-4-2-3-5-9(8)10;1-7-4-2-3-5-8(7)6-9/h5,12H,6-10H2,1-4H3,(H,15,16,18);2-5H,6-7H2,1H3;2-6H,1H3/b11-5+;;. The first kappa shape index (κ1) is 31.3. The van der Waals surface area contributed by atoms with Gasteiger partial charge in [0.15, 0.2) is 5.17 Å². The molecular weight excluding hydrogens is 492 g/mol. The van der Waals surface area contributed by atoms with E-state index in [2.05, 4.69) is 58.5 Å². The summed E-state index contributed by atoms with van der Waals surface area (Å²) >= 11 is 1.47. The summed E-state index contributed by atoms with van der Waals surface area (Å²) < 4.78 is 0. The number of piperidine rings is 1. The van der Waals surface area contributed by atoms with Gasteiger partial charge in [0.25, 0.3) is 0 Å². The average Bonchev–Trinajstić information content (AvgIpc) is 3.31. The number of amidine groups is 1. The first-order valence-electron chi connectivity index (χ1n) is 13.3. The Balaban J connectivity index is 0.000000221. The second-order valence-electron chi connectivity index (χ2n) is 9.82. The molecule has 6 nitrogen and oxygen atoms in total. The van der Waals surface area contributed by atoms with Gasteiger partial charge >= 0.3 is 0 Å². The molecule has 206 valence electrons. The second-order valence-corrected chi connectivity index (χ2v) is 10.6. The number of likely N-dealkylation sites (tertiary alicyclic amines) is 1. The summed E-state index contributed by atoms with van der Waals surface area (Å²) in [6.45, 7) is 9.16. The maximum atomic E-state index is 12.0. The summed E-state index contributed by atoms with van der Waals surface area (Å²) in [5, 5.41) is 3.60. The molecule has 0 spiro atoms. The van der Waals surface area contributed by atoms with Crippen LogP contribution in [0.15, 0.2) is 65.3 Å². The number of amides is 1. The van der Waals surface area contributed by atoms with Crippen molar-refractivity contribution in [3.63, 3.8) is 0 Å². The molecule has 0 aromatic heterocycles. The first-order valence-corrected chi connectivity index (χ1v) is 14.5. The number of thioether (sulfide) groups is 1. The number of aryl methyl sites for hydroxylation is 1. The van der Waals surface area contributed by atoms with Crippen molar-refractivity contribution in [3.05, 3.63) is 77.0 Å². The van der Waals surface area contributed by atoms with E-state index >= 15 is 0 Å². The van der Waals surface area contributed by atoms with Crippen molar-refractivity contribution in [2.45, 2.75) is 46.5 Å². The molecule has 2 aliphatic rings. The van der Waals surface area contributed by atoms with Crippen LogP contribution in [0.25, 0.3) is 0 Å². The van der Waals surface area contributed by atoms with Crippen LogP contribution in [-0.2, 0) is 11.2 Å². The van der Waals surface area contributed by atoms with Gasteiger partial charge in [-0.3, -0.25) is 9.59 Å². The van der Waals surface area contributed by atoms with Crippen molar-refractivity contribution in [2.75, 3.05) is 44.9 Å². The number of hydrogen-bond acceptors (Lipinski definition) is 6. The molecule has 0 aliphatic carbocycles. The number of benzene rings is 2. The molecule has 1 fully saturated rings. The number of carbonyl (C=O) groups excluding carboxylic acids is 2. The number of hydrogen-bond donors (Lipinski definition) is 1. The predicted molar refractivity (Wildman–Crippen MR) is 163 cm³/mol. The molecular formula is C31H44N4O2S. The molecule has 1 saturated heterocycles. The normalized spacial score (nSPS) is 16.0. The van der Waals surface area contributed by atoms with E-state index in [1.54, 1.807) is 0 Å². The van der Waals surface area contributed by atoms with Crippen molar-refractivity contribution in [1.29, 1.82) is 0 Å². The van der Waals surface area contributed by atoms with Gasteiger partial charge in [-0.1, -0.05) is 60.3 Å². The summed E-state index contributed by atoms with van der Waals surface area (Å²) in [4.78, 5) is 31.2. The van der Waals surface area contributed by atoms with Crippen LogP contribution in [-0.4, -0.2) is 62.2 Å². The molecule has 1 amide bonds. The summed E-state index contributed by atoms with van der Waals surface area (Å²) in [6, 6.07) is 16.1. The van der Waals surface area contributed by atoms with Gasteiger partial charge in [0.2, 0.25) is 5.91 Å². The zero-order valence-corrected chi connectivity index (χ0v) is 24.7. The Bertz CT molecular complexity index is 1090. The molecule has 38 heavy (non-hydrogen) atoms. The van der Waals surface area contributed by atoms with E-state index in [0.717, 1.165) is 49.0 Å². The average molecular weight is 537 g/mol. The molecule has 2 aromatic rings. The van der Waals surface area contributed by atoms with E-state index in [4.69, 9.17) is 0 Å². The molecule has 4 rings (SSSR count). The highest BCUT2D eigenvalue weighted by atomic mass is 32.2. The lowest BCUT2D eigenvalue weighted by molar-refractivity contribution is -0.120. The molecule has 7 heteroatoms. The lowest BCUT2D eigenvalue weighted by Crippen LogP contribution is -2.34. The molecule has 0 saturated carbocycles. The quantitative estimate of drug-likeness (QED) is 0.297. The van der Waals surface area contributed by atoms with Gasteiger partial charge in [-0.15, -0.1) is 0 Å². The molecule has 0 unspecified atom stereocenters. The van der Waals surface area contributed by atoms with Gasteiger partial charge in [-0.05, 0) is 89.5 Å². The van der Waals surface area contributed by atoms with Crippen LogP contribution in [0, 0.1) is 12.8 Å². The second kappa shape index (κ2) is 16.8. The third-order valence-electron chi connectivity index (χ3n) is 6.88. The lowest BCUT2D eigenvalue weighted by Gasteiger charge is -2.28. The third kappa shape index (κ3) is 10.8. The highest BCUT2D eigenvalue weighted by Crippen LogP contribution is 2.25. The number of nitrogens with zero attached hydrogens (tertiary/aromatic N) is 3. The zero-order valence-electron chi connectivity index (χ0n) is 23.9. The topological polar surface area (TPSA) is 65.0 Å². The van der Waals surface area contributed by atoms with E-state index in [-0.39, 0.29) is 5.91 Å². The molecule has 0 bridgehead atoms. The smallest absolute Gasteiger partial charge is 0.226 e. The van der Waals surface area contributed by atoms with Gasteiger partial charge in [-0.25, -0.2) is 4.99 Å². The van der Waals surface area contributed by atoms with E-state index < -0.39 is 0 Å². The predicted octanol–water partition coefficient (Wildman–Crippen LogP) is 5.96. The number of para-hydroxylation sites is 1. The molecule has 0 atom stereocenters. The van der Waals surface area contributed by atoms with E-state index in [0.29, 0.717) is 17.5 Å². The fraction of sp³-hybridized carbons (Fsp3) is 0.452. The van der Waals surface area contributed by atoms with Crippen LogP contribution in [0.1, 0.15) is 54.6 Å². The Hall–Kier alpha value is -2.90. The number of carbonyl (C=O) groups is 2. The van der Waals surface area contributed by atoms with E-state index in [1.165, 1.54) is 36.0 Å². The molecule has 0 radical (unpaired) electrons. The number of nitrogens with one attached hydrogen (secondary N) is 1. The maximum Gasteiger partial charge on any atom is 0.226 e. The van der Waals surface area contributed by atoms with Crippen LogP contribution < -0.4 is 10.2 Å². The van der Waals surface area contributed by atoms with Crippen molar-refractivity contribution in [1.82, 2.24) is 10.2 Å². The van der Waals surface area contributed by atoms with Crippen molar-refractivity contribution >= 4 is 34.8 Å². The number of aliphatic imine (C=N–C) groups is 1. The van der Waals surface area contributed by atoms with Gasteiger partial charge in [0, 0.05) is 37.0 Å². The number of allylic oxidation sites excluding steroid dienone is 2. The van der Waals surface area contributed by atoms with Crippen molar-refractivity contribution in [3.8, 4) is 0 Å². The van der Waals surface area contributed by atoms with Gasteiger partial charge in [0.1, 0.15) is 6.29 Å². The van der Waals surface area contributed by atoms with Crippen molar-refractivity contribution < 1.29 is 9.59 Å². The molecule has 1 N–H and O–H groups in total. The van der Waals surface area contributed by atoms with Crippen LogP contribution >= 0.6 is 11.8 Å². The highest BCUT2D eigenvalue weighted by molar-refractivity contribution is 8.13. The SMILES string of the molecule is C/C=C(\C)N=C(NC(=O)CC1CCN(C)CC1)SC.CN1CCc2ccccc21.Cc1ccccc1C=O. The Morgan fingerprint density at radius 1 is 1.08 bits per heavy atom. The number of rotatable bonds is 4. The minimum atomic E-state index is 0.0894. The Morgan fingerprint density at radius 2 is 1.74 bits per heavy atom. The monoisotopic (exact) mass is 536 g/mol. The van der Waals surface area contributed by atoms with Gasteiger partial charge in [-0.2, -0.15) is 0 Å². The zero-order chi connectivity index (χ0) is 27.9. The van der Waals surface area contributed by atoms with Crippen LogP contribution in [0.5, 0.6) is 0 Å². The minimum absolute atomic E-state index is 0.0894. The third-order valence-corrected chi connectivity index (χ3v) is 7.46. The van der Waals surface area contributed by atoms with Crippen LogP contribution in [0.3, 0.4) is 0 Å². The number of anilines is 1. The Morgan fingerprint density at radius 3 is 2.32 bits per heavy atom. The van der Waals surface area contributed by atoms with E-state index in [1.807, 2.05) is 57.4 Å². The minimum Gasteiger partial charge on any atom is -0.374 e. The number of aldehydes is 1. The molecule has 2 aromatic carbocycles. The highest BCUT2D eigenvalue weighted by Gasteiger charge is 2.20. The van der Waals surface area contributed by atoms with Gasteiger partial charge < -0.3 is 15.1 Å². The first-order chi connectivity index (χ1) is 18.3. The number of likely N-dealkylation sites (N-methyl/N-ethyl adjacent to an activating group) is 1. The number of fused-ring (bicyclic) bond motifs is 1. The summed E-state index contributed by atoms with van der Waals surface area (Å²) in [5.41, 5.74) is 5.63. The molecule has 2 heterocycles. The Kier molecular flexibility index (Phi) is 13.9. The van der Waals surface area contributed by atoms with Gasteiger partial charge in [0.05, 0.1) is 0 Å². The fourth-order valence-corrected chi connectivity index (χ4v) is 4.72. The molecule has 2 aliphatic heterocycles.